The van der Waals surface area contributed by atoms with E-state index < -0.39 is 6.10 Å². The zero-order chi connectivity index (χ0) is 13.6. The van der Waals surface area contributed by atoms with Crippen molar-refractivity contribution in [3.8, 4) is 0 Å². The van der Waals surface area contributed by atoms with Crippen molar-refractivity contribution in [2.45, 2.75) is 39.7 Å². The summed E-state index contributed by atoms with van der Waals surface area (Å²) >= 11 is 0. The van der Waals surface area contributed by atoms with Crippen LogP contribution in [0.15, 0.2) is 24.3 Å². The lowest BCUT2D eigenvalue weighted by Crippen LogP contribution is -2.32. The zero-order valence-electron chi connectivity index (χ0n) is 11.6. The Morgan fingerprint density at radius 1 is 1.22 bits per heavy atom. The van der Waals surface area contributed by atoms with Crippen LogP contribution in [0, 0.1) is 5.41 Å². The second kappa shape index (κ2) is 6.76. The largest absolute Gasteiger partial charge is 0.396 e. The van der Waals surface area contributed by atoms with E-state index in [2.05, 4.69) is 19.2 Å². The molecule has 3 N–H and O–H groups in total. The molecule has 0 saturated heterocycles. The lowest BCUT2D eigenvalue weighted by molar-refractivity contribution is 0.127. The minimum atomic E-state index is -0.486. The highest BCUT2D eigenvalue weighted by Crippen LogP contribution is 2.28. The Morgan fingerprint density at radius 3 is 2.33 bits per heavy atom. The van der Waals surface area contributed by atoms with Gasteiger partial charge in [-0.25, -0.2) is 0 Å². The molecule has 0 aliphatic heterocycles. The number of nitrogens with one attached hydrogen (secondary N) is 1. The highest BCUT2D eigenvalue weighted by atomic mass is 16.3. The van der Waals surface area contributed by atoms with E-state index in [1.165, 1.54) is 0 Å². The highest BCUT2D eigenvalue weighted by molar-refractivity contribution is 5.52. The third-order valence-corrected chi connectivity index (χ3v) is 3.90. The SMILES string of the molecule is CCC(CC)(CO)CNc1ccccc1C(C)O. The fourth-order valence-corrected chi connectivity index (χ4v) is 2.08. The molecule has 102 valence electrons. The van der Waals surface area contributed by atoms with Gasteiger partial charge in [0.15, 0.2) is 0 Å². The molecule has 18 heavy (non-hydrogen) atoms. The first-order valence-corrected chi connectivity index (χ1v) is 6.70. The predicted molar refractivity (Wildman–Crippen MR) is 75.7 cm³/mol. The lowest BCUT2D eigenvalue weighted by Gasteiger charge is -2.30. The molecule has 1 atom stereocenters. The Morgan fingerprint density at radius 2 is 1.83 bits per heavy atom. The van der Waals surface area contributed by atoms with E-state index >= 15 is 0 Å². The van der Waals surface area contributed by atoms with Crippen molar-refractivity contribution in [2.75, 3.05) is 18.5 Å². The molecule has 0 aliphatic rings. The molecule has 1 aromatic rings. The fourth-order valence-electron chi connectivity index (χ4n) is 2.08. The molecule has 0 bridgehead atoms. The Balaban J connectivity index is 2.79. The number of hydrogen-bond donors (Lipinski definition) is 3. The van der Waals surface area contributed by atoms with Crippen molar-refractivity contribution in [3.05, 3.63) is 29.8 Å². The van der Waals surface area contributed by atoms with Crippen LogP contribution in [-0.4, -0.2) is 23.4 Å². The summed E-state index contributed by atoms with van der Waals surface area (Å²) < 4.78 is 0. The quantitative estimate of drug-likeness (QED) is 0.698. The maximum atomic E-state index is 9.72. The van der Waals surface area contributed by atoms with Crippen LogP contribution < -0.4 is 5.32 Å². The number of para-hydroxylation sites is 1. The molecular formula is C15H25NO2. The van der Waals surface area contributed by atoms with Crippen LogP contribution in [0.5, 0.6) is 0 Å². The van der Waals surface area contributed by atoms with Crippen molar-refractivity contribution < 1.29 is 10.2 Å². The van der Waals surface area contributed by atoms with Gasteiger partial charge in [-0.15, -0.1) is 0 Å². The molecule has 0 heterocycles. The highest BCUT2D eigenvalue weighted by Gasteiger charge is 2.25. The fraction of sp³-hybridized carbons (Fsp3) is 0.600. The van der Waals surface area contributed by atoms with E-state index in [0.717, 1.165) is 30.6 Å². The molecule has 3 heteroatoms. The van der Waals surface area contributed by atoms with Crippen molar-refractivity contribution in [3.63, 3.8) is 0 Å². The van der Waals surface area contributed by atoms with Crippen LogP contribution in [0.3, 0.4) is 0 Å². The minimum absolute atomic E-state index is 0.0776. The van der Waals surface area contributed by atoms with Crippen LogP contribution in [-0.2, 0) is 0 Å². The Bertz CT molecular complexity index is 351. The van der Waals surface area contributed by atoms with Gasteiger partial charge in [-0.2, -0.15) is 0 Å². The number of aliphatic hydroxyl groups is 2. The Hall–Kier alpha value is -1.06. The molecule has 0 spiro atoms. The lowest BCUT2D eigenvalue weighted by atomic mass is 9.83. The minimum Gasteiger partial charge on any atom is -0.396 e. The van der Waals surface area contributed by atoms with Crippen LogP contribution >= 0.6 is 0 Å². The molecule has 0 amide bonds. The molecule has 1 unspecified atom stereocenters. The number of anilines is 1. The van der Waals surface area contributed by atoms with E-state index in [1.54, 1.807) is 6.92 Å². The molecule has 0 aromatic heterocycles. The van der Waals surface area contributed by atoms with Gasteiger partial charge in [-0.05, 0) is 25.8 Å². The van der Waals surface area contributed by atoms with Crippen LogP contribution in [0.25, 0.3) is 0 Å². The summed E-state index contributed by atoms with van der Waals surface area (Å²) in [4.78, 5) is 0. The number of hydrogen-bond acceptors (Lipinski definition) is 3. The summed E-state index contributed by atoms with van der Waals surface area (Å²) in [5, 5.41) is 22.6. The van der Waals surface area contributed by atoms with Gasteiger partial charge in [-0.1, -0.05) is 32.0 Å². The third-order valence-electron chi connectivity index (χ3n) is 3.90. The van der Waals surface area contributed by atoms with E-state index in [-0.39, 0.29) is 12.0 Å². The first-order valence-electron chi connectivity index (χ1n) is 6.70. The number of rotatable bonds is 7. The molecule has 0 fully saturated rings. The van der Waals surface area contributed by atoms with Crippen LogP contribution in [0.1, 0.15) is 45.3 Å². The molecule has 1 rings (SSSR count). The Kier molecular flexibility index (Phi) is 5.63. The van der Waals surface area contributed by atoms with E-state index in [1.807, 2.05) is 24.3 Å². The van der Waals surface area contributed by atoms with E-state index in [4.69, 9.17) is 0 Å². The van der Waals surface area contributed by atoms with Gasteiger partial charge in [-0.3, -0.25) is 0 Å². The van der Waals surface area contributed by atoms with Crippen molar-refractivity contribution >= 4 is 5.69 Å². The summed E-state index contributed by atoms with van der Waals surface area (Å²) in [5.74, 6) is 0. The maximum absolute atomic E-state index is 9.72. The van der Waals surface area contributed by atoms with Gasteiger partial charge >= 0.3 is 0 Å². The van der Waals surface area contributed by atoms with Gasteiger partial charge < -0.3 is 15.5 Å². The van der Waals surface area contributed by atoms with Crippen molar-refractivity contribution in [1.29, 1.82) is 0 Å². The summed E-state index contributed by atoms with van der Waals surface area (Å²) in [5.41, 5.74) is 1.77. The van der Waals surface area contributed by atoms with E-state index in [9.17, 15) is 10.2 Å². The summed E-state index contributed by atoms with van der Waals surface area (Å²) in [6.45, 7) is 6.87. The van der Waals surface area contributed by atoms with Crippen LogP contribution in [0.4, 0.5) is 5.69 Å². The molecular weight excluding hydrogens is 226 g/mol. The van der Waals surface area contributed by atoms with Crippen LogP contribution in [0.2, 0.25) is 0 Å². The summed E-state index contributed by atoms with van der Waals surface area (Å²) in [6, 6.07) is 7.76. The normalized spacial score (nSPS) is 13.4. The number of aliphatic hydroxyl groups excluding tert-OH is 2. The smallest absolute Gasteiger partial charge is 0.0781 e. The first kappa shape index (κ1) is 15.0. The second-order valence-corrected chi connectivity index (χ2v) is 4.98. The predicted octanol–water partition coefficient (Wildman–Crippen LogP) is 2.95. The van der Waals surface area contributed by atoms with Gasteiger partial charge in [0.1, 0.15) is 0 Å². The third kappa shape index (κ3) is 3.47. The van der Waals surface area contributed by atoms with Gasteiger partial charge in [0.2, 0.25) is 0 Å². The first-order chi connectivity index (χ1) is 8.58. The molecule has 3 nitrogen and oxygen atoms in total. The molecule has 1 aromatic carbocycles. The maximum Gasteiger partial charge on any atom is 0.0781 e. The number of benzene rings is 1. The van der Waals surface area contributed by atoms with Gasteiger partial charge in [0.25, 0.3) is 0 Å². The van der Waals surface area contributed by atoms with Gasteiger partial charge in [0, 0.05) is 23.2 Å². The van der Waals surface area contributed by atoms with Crippen molar-refractivity contribution in [1.82, 2.24) is 0 Å². The second-order valence-electron chi connectivity index (χ2n) is 4.98. The average Bonchev–Trinajstić information content (AvgIpc) is 2.41. The van der Waals surface area contributed by atoms with Crippen molar-refractivity contribution in [2.24, 2.45) is 5.41 Å². The monoisotopic (exact) mass is 251 g/mol. The standard InChI is InChI=1S/C15H25NO2/c1-4-15(5-2,11-17)10-16-14-9-7-6-8-13(14)12(3)18/h6-9,12,16-18H,4-5,10-11H2,1-3H3. The topological polar surface area (TPSA) is 52.5 Å². The zero-order valence-corrected chi connectivity index (χ0v) is 11.6. The summed E-state index contributed by atoms with van der Waals surface area (Å²) in [7, 11) is 0. The molecule has 0 radical (unpaired) electrons. The molecule has 0 saturated carbocycles. The molecule has 0 aliphatic carbocycles. The van der Waals surface area contributed by atoms with Gasteiger partial charge in [0.05, 0.1) is 12.7 Å². The summed E-state index contributed by atoms with van der Waals surface area (Å²) in [6.07, 6.45) is 1.38. The average molecular weight is 251 g/mol. The van der Waals surface area contributed by atoms with E-state index in [0.29, 0.717) is 0 Å². The Labute approximate surface area is 110 Å².